The maximum Gasteiger partial charge on any atom is 0.161 e. The average molecular weight is 311 g/mol. The van der Waals surface area contributed by atoms with Crippen molar-refractivity contribution in [1.82, 2.24) is 9.78 Å². The Hall–Kier alpha value is -1.72. The molecule has 0 radical (unpaired) electrons. The summed E-state index contributed by atoms with van der Waals surface area (Å²) in [4.78, 5) is 0. The van der Waals surface area contributed by atoms with E-state index < -0.39 is 0 Å². The first-order chi connectivity index (χ1) is 10.1. The molecule has 2 rings (SSSR count). The lowest BCUT2D eigenvalue weighted by Crippen LogP contribution is -2.07. The SMILES string of the molecule is CCn1nc(C)c(Cl)c1COc1ccc(CO)cc1OC. The van der Waals surface area contributed by atoms with Crippen LogP contribution in [-0.4, -0.2) is 22.0 Å². The lowest BCUT2D eigenvalue weighted by atomic mass is 10.2. The number of halogens is 1. The lowest BCUT2D eigenvalue weighted by Gasteiger charge is -2.12. The molecular formula is C15H19ClN2O3. The van der Waals surface area contributed by atoms with Gasteiger partial charge in [0.05, 0.1) is 30.1 Å². The van der Waals surface area contributed by atoms with Crippen molar-refractivity contribution in [1.29, 1.82) is 0 Å². The molecule has 0 bridgehead atoms. The van der Waals surface area contributed by atoms with Gasteiger partial charge in [0.2, 0.25) is 0 Å². The number of nitrogens with zero attached hydrogens (tertiary/aromatic N) is 2. The van der Waals surface area contributed by atoms with Crippen molar-refractivity contribution < 1.29 is 14.6 Å². The standard InChI is InChI=1S/C15H19ClN2O3/c1-4-18-12(15(16)10(2)17-18)9-21-13-6-5-11(8-19)7-14(13)20-3/h5-7,19H,4,8-9H2,1-3H3. The van der Waals surface area contributed by atoms with Crippen molar-refractivity contribution in [3.63, 3.8) is 0 Å². The summed E-state index contributed by atoms with van der Waals surface area (Å²) in [5, 5.41) is 14.1. The predicted molar refractivity (Wildman–Crippen MR) is 80.9 cm³/mol. The highest BCUT2D eigenvalue weighted by atomic mass is 35.5. The fourth-order valence-electron chi connectivity index (χ4n) is 2.08. The van der Waals surface area contributed by atoms with Crippen LogP contribution in [0, 0.1) is 6.92 Å². The van der Waals surface area contributed by atoms with Gasteiger partial charge >= 0.3 is 0 Å². The topological polar surface area (TPSA) is 56.5 Å². The Balaban J connectivity index is 2.20. The zero-order valence-corrected chi connectivity index (χ0v) is 13.1. The Kier molecular flexibility index (Phi) is 5.09. The summed E-state index contributed by atoms with van der Waals surface area (Å²) in [6.07, 6.45) is 0. The van der Waals surface area contributed by atoms with Crippen LogP contribution in [0.4, 0.5) is 0 Å². The van der Waals surface area contributed by atoms with E-state index in [0.717, 1.165) is 23.5 Å². The summed E-state index contributed by atoms with van der Waals surface area (Å²) in [7, 11) is 1.57. The number of hydrogen-bond donors (Lipinski definition) is 1. The fraction of sp³-hybridized carbons (Fsp3) is 0.400. The van der Waals surface area contributed by atoms with Crippen molar-refractivity contribution >= 4 is 11.6 Å². The number of benzene rings is 1. The molecule has 1 aromatic carbocycles. The third-order valence-electron chi connectivity index (χ3n) is 3.23. The number of hydrogen-bond acceptors (Lipinski definition) is 4. The molecule has 0 saturated carbocycles. The molecular weight excluding hydrogens is 292 g/mol. The average Bonchev–Trinajstić information content (AvgIpc) is 2.79. The van der Waals surface area contributed by atoms with Gasteiger partial charge in [0.15, 0.2) is 11.5 Å². The number of aryl methyl sites for hydroxylation is 2. The van der Waals surface area contributed by atoms with Crippen LogP contribution in [0.15, 0.2) is 18.2 Å². The van der Waals surface area contributed by atoms with Crippen molar-refractivity contribution in [2.24, 2.45) is 0 Å². The van der Waals surface area contributed by atoms with Crippen LogP contribution in [0.1, 0.15) is 23.9 Å². The minimum Gasteiger partial charge on any atom is -0.493 e. The summed E-state index contributed by atoms with van der Waals surface area (Å²) in [5.41, 5.74) is 2.40. The van der Waals surface area contributed by atoms with Crippen molar-refractivity contribution in [3.8, 4) is 11.5 Å². The van der Waals surface area contributed by atoms with Crippen LogP contribution >= 0.6 is 11.6 Å². The molecule has 5 nitrogen and oxygen atoms in total. The van der Waals surface area contributed by atoms with Gasteiger partial charge in [0.1, 0.15) is 6.61 Å². The van der Waals surface area contributed by atoms with E-state index in [-0.39, 0.29) is 6.61 Å². The highest BCUT2D eigenvalue weighted by molar-refractivity contribution is 6.31. The third-order valence-corrected chi connectivity index (χ3v) is 3.72. The number of rotatable bonds is 6. The molecule has 1 N–H and O–H groups in total. The number of ether oxygens (including phenoxy) is 2. The van der Waals surface area contributed by atoms with Crippen molar-refractivity contribution in [3.05, 3.63) is 40.2 Å². The van der Waals surface area contributed by atoms with Crippen LogP contribution in [0.2, 0.25) is 5.02 Å². The maximum absolute atomic E-state index is 9.14. The zero-order valence-electron chi connectivity index (χ0n) is 12.4. The van der Waals surface area contributed by atoms with Crippen LogP contribution in [-0.2, 0) is 19.8 Å². The second-order valence-electron chi connectivity index (χ2n) is 4.59. The largest absolute Gasteiger partial charge is 0.493 e. The predicted octanol–water partition coefficient (Wildman–Crippen LogP) is 2.94. The maximum atomic E-state index is 9.14. The number of aromatic nitrogens is 2. The summed E-state index contributed by atoms with van der Waals surface area (Å²) in [6.45, 7) is 4.87. The molecule has 0 aliphatic heterocycles. The third kappa shape index (κ3) is 3.31. The van der Waals surface area contributed by atoms with E-state index in [1.54, 1.807) is 25.3 Å². The molecule has 0 atom stereocenters. The molecule has 1 aromatic heterocycles. The highest BCUT2D eigenvalue weighted by Gasteiger charge is 2.14. The molecule has 0 fully saturated rings. The molecule has 114 valence electrons. The molecule has 1 heterocycles. The second kappa shape index (κ2) is 6.83. The van der Waals surface area contributed by atoms with Crippen LogP contribution in [0.3, 0.4) is 0 Å². The second-order valence-corrected chi connectivity index (χ2v) is 4.97. The van der Waals surface area contributed by atoms with Crippen LogP contribution in [0.5, 0.6) is 11.5 Å². The molecule has 0 unspecified atom stereocenters. The first kappa shape index (κ1) is 15.7. The van der Waals surface area contributed by atoms with Gasteiger partial charge in [-0.25, -0.2) is 0 Å². The monoisotopic (exact) mass is 310 g/mol. The van der Waals surface area contributed by atoms with Gasteiger partial charge < -0.3 is 14.6 Å². The number of aliphatic hydroxyl groups excluding tert-OH is 1. The summed E-state index contributed by atoms with van der Waals surface area (Å²) in [6, 6.07) is 5.32. The Morgan fingerprint density at radius 2 is 2.10 bits per heavy atom. The quantitative estimate of drug-likeness (QED) is 0.891. The Morgan fingerprint density at radius 1 is 1.33 bits per heavy atom. The van der Waals surface area contributed by atoms with Gasteiger partial charge in [-0.1, -0.05) is 17.7 Å². The minimum atomic E-state index is -0.0374. The zero-order chi connectivity index (χ0) is 15.4. The van der Waals surface area contributed by atoms with Gasteiger partial charge in [-0.05, 0) is 31.5 Å². The van der Waals surface area contributed by atoms with Crippen molar-refractivity contribution in [2.75, 3.05) is 7.11 Å². The van der Waals surface area contributed by atoms with E-state index in [1.807, 2.05) is 18.5 Å². The van der Waals surface area contributed by atoms with Crippen LogP contribution in [0.25, 0.3) is 0 Å². The van der Waals surface area contributed by atoms with E-state index >= 15 is 0 Å². The van der Waals surface area contributed by atoms with Gasteiger partial charge in [-0.3, -0.25) is 4.68 Å². The molecule has 0 spiro atoms. The summed E-state index contributed by atoms with van der Waals surface area (Å²) in [5.74, 6) is 1.18. The van der Waals surface area contributed by atoms with Gasteiger partial charge in [-0.2, -0.15) is 5.10 Å². The Labute approximate surface area is 129 Å². The van der Waals surface area contributed by atoms with Crippen molar-refractivity contribution in [2.45, 2.75) is 33.6 Å². The normalized spacial score (nSPS) is 10.7. The molecule has 6 heteroatoms. The molecule has 0 aliphatic carbocycles. The van der Waals surface area contributed by atoms with Gasteiger partial charge in [-0.15, -0.1) is 0 Å². The molecule has 0 saturated heterocycles. The minimum absolute atomic E-state index is 0.0374. The first-order valence-corrected chi connectivity index (χ1v) is 7.10. The Morgan fingerprint density at radius 3 is 2.71 bits per heavy atom. The number of aliphatic hydroxyl groups is 1. The molecule has 2 aromatic rings. The van der Waals surface area contributed by atoms with E-state index in [9.17, 15) is 0 Å². The molecule has 21 heavy (non-hydrogen) atoms. The van der Waals surface area contributed by atoms with Gasteiger partial charge in [0.25, 0.3) is 0 Å². The van der Waals surface area contributed by atoms with E-state index in [1.165, 1.54) is 0 Å². The van der Waals surface area contributed by atoms with E-state index in [4.69, 9.17) is 26.2 Å². The number of methoxy groups -OCH3 is 1. The first-order valence-electron chi connectivity index (χ1n) is 6.73. The summed E-state index contributed by atoms with van der Waals surface area (Å²) < 4.78 is 12.9. The van der Waals surface area contributed by atoms with E-state index in [2.05, 4.69) is 5.10 Å². The molecule has 0 amide bonds. The van der Waals surface area contributed by atoms with Crippen LogP contribution < -0.4 is 9.47 Å². The smallest absolute Gasteiger partial charge is 0.161 e. The summed E-state index contributed by atoms with van der Waals surface area (Å²) >= 11 is 6.25. The molecule has 0 aliphatic rings. The fourth-order valence-corrected chi connectivity index (χ4v) is 2.27. The Bertz CT molecular complexity index is 626. The highest BCUT2D eigenvalue weighted by Crippen LogP contribution is 2.30. The lowest BCUT2D eigenvalue weighted by molar-refractivity contribution is 0.268. The van der Waals surface area contributed by atoms with Gasteiger partial charge in [0, 0.05) is 6.54 Å². The van der Waals surface area contributed by atoms with E-state index in [0.29, 0.717) is 23.1 Å².